The van der Waals surface area contributed by atoms with Crippen LogP contribution in [0.4, 0.5) is 0 Å². The van der Waals surface area contributed by atoms with E-state index in [2.05, 4.69) is 0 Å². The van der Waals surface area contributed by atoms with E-state index in [-0.39, 0.29) is 23.2 Å². The molecule has 2 aromatic rings. The topological polar surface area (TPSA) is 105 Å². The molecule has 0 radical (unpaired) electrons. The molecule has 7 nitrogen and oxygen atoms in total. The molecule has 0 fully saturated rings. The molecule has 0 unspecified atom stereocenters. The Morgan fingerprint density at radius 3 is 2.82 bits per heavy atom. The molecule has 0 spiro atoms. The van der Waals surface area contributed by atoms with Gasteiger partial charge in [0.15, 0.2) is 11.5 Å². The summed E-state index contributed by atoms with van der Waals surface area (Å²) >= 11 is 0.961. The zero-order valence-corrected chi connectivity index (χ0v) is 12.8. The summed E-state index contributed by atoms with van der Waals surface area (Å²) < 4.78 is 38.3. The van der Waals surface area contributed by atoms with E-state index in [1.54, 1.807) is 18.2 Å². The number of fused-ring (bicyclic) bond motifs is 1. The molecule has 0 saturated heterocycles. The first-order chi connectivity index (χ1) is 10.4. The SMILES string of the molecule is NS(=O)(=O)c1ccsc1C(=O)OCc1ccc2c(c1)OCO2. The van der Waals surface area contributed by atoms with Crippen molar-refractivity contribution in [2.24, 2.45) is 5.14 Å². The Kier molecular flexibility index (Phi) is 3.77. The number of ether oxygens (including phenoxy) is 3. The highest BCUT2D eigenvalue weighted by Gasteiger charge is 2.22. The number of hydrogen-bond donors (Lipinski definition) is 1. The maximum absolute atomic E-state index is 12.0. The molecule has 2 heterocycles. The zero-order chi connectivity index (χ0) is 15.7. The van der Waals surface area contributed by atoms with Crippen molar-refractivity contribution in [3.63, 3.8) is 0 Å². The summed E-state index contributed by atoms with van der Waals surface area (Å²) in [6, 6.07) is 6.42. The van der Waals surface area contributed by atoms with Gasteiger partial charge in [-0.15, -0.1) is 11.3 Å². The fourth-order valence-electron chi connectivity index (χ4n) is 1.92. The summed E-state index contributed by atoms with van der Waals surface area (Å²) in [6.45, 7) is 0.142. The van der Waals surface area contributed by atoms with Crippen molar-refractivity contribution in [3.8, 4) is 11.5 Å². The van der Waals surface area contributed by atoms with Gasteiger partial charge in [0, 0.05) is 0 Å². The summed E-state index contributed by atoms with van der Waals surface area (Å²) in [4.78, 5) is 11.7. The van der Waals surface area contributed by atoms with Gasteiger partial charge >= 0.3 is 5.97 Å². The first kappa shape index (κ1) is 14.8. The predicted molar refractivity (Wildman–Crippen MR) is 77.4 cm³/mol. The second-order valence-electron chi connectivity index (χ2n) is 4.42. The minimum absolute atomic E-state index is 0.0164. The maximum Gasteiger partial charge on any atom is 0.350 e. The van der Waals surface area contributed by atoms with Crippen molar-refractivity contribution in [3.05, 3.63) is 40.1 Å². The van der Waals surface area contributed by atoms with E-state index >= 15 is 0 Å². The highest BCUT2D eigenvalue weighted by atomic mass is 32.2. The Hall–Kier alpha value is -2.10. The van der Waals surface area contributed by atoms with Crippen LogP contribution in [0.5, 0.6) is 11.5 Å². The summed E-state index contributed by atoms with van der Waals surface area (Å²) in [5.41, 5.74) is 0.700. The number of carbonyl (C=O) groups is 1. The molecular weight excluding hydrogens is 330 g/mol. The normalized spacial score (nSPS) is 13.1. The number of sulfonamides is 1. The fourth-order valence-corrected chi connectivity index (χ4v) is 3.77. The maximum atomic E-state index is 12.0. The number of hydrogen-bond acceptors (Lipinski definition) is 7. The van der Waals surface area contributed by atoms with Gasteiger partial charge in [-0.25, -0.2) is 18.4 Å². The van der Waals surface area contributed by atoms with E-state index in [4.69, 9.17) is 19.3 Å². The highest BCUT2D eigenvalue weighted by Crippen LogP contribution is 2.32. The molecule has 2 N–H and O–H groups in total. The molecule has 0 saturated carbocycles. The van der Waals surface area contributed by atoms with Gasteiger partial charge in [0.1, 0.15) is 16.4 Å². The second-order valence-corrected chi connectivity index (χ2v) is 6.87. The first-order valence-electron chi connectivity index (χ1n) is 6.11. The Bertz CT molecular complexity index is 827. The summed E-state index contributed by atoms with van der Waals surface area (Å²) in [6.07, 6.45) is 0. The van der Waals surface area contributed by atoms with Crippen LogP contribution in [-0.4, -0.2) is 21.2 Å². The molecule has 22 heavy (non-hydrogen) atoms. The zero-order valence-electron chi connectivity index (χ0n) is 11.1. The Labute approximate surface area is 130 Å². The Morgan fingerprint density at radius 2 is 2.05 bits per heavy atom. The number of primary sulfonamides is 1. The van der Waals surface area contributed by atoms with E-state index in [1.807, 2.05) is 0 Å². The lowest BCUT2D eigenvalue weighted by atomic mass is 10.2. The van der Waals surface area contributed by atoms with E-state index < -0.39 is 16.0 Å². The lowest BCUT2D eigenvalue weighted by Gasteiger charge is -2.06. The molecule has 1 aromatic heterocycles. The minimum Gasteiger partial charge on any atom is -0.457 e. The van der Waals surface area contributed by atoms with E-state index in [0.29, 0.717) is 17.1 Å². The van der Waals surface area contributed by atoms with Crippen molar-refractivity contribution < 1.29 is 27.4 Å². The number of nitrogens with two attached hydrogens (primary N) is 1. The molecule has 0 amide bonds. The van der Waals surface area contributed by atoms with E-state index in [0.717, 1.165) is 11.3 Å². The minimum atomic E-state index is -3.95. The molecule has 1 aliphatic rings. The number of benzene rings is 1. The molecule has 3 rings (SSSR count). The van der Waals surface area contributed by atoms with Crippen LogP contribution in [0.1, 0.15) is 15.2 Å². The Balaban J connectivity index is 1.72. The van der Waals surface area contributed by atoms with Gasteiger partial charge in [0.05, 0.1) is 0 Å². The molecule has 0 bridgehead atoms. The number of esters is 1. The van der Waals surface area contributed by atoms with E-state index in [1.165, 1.54) is 11.4 Å². The van der Waals surface area contributed by atoms with Gasteiger partial charge in [-0.1, -0.05) is 6.07 Å². The quantitative estimate of drug-likeness (QED) is 0.845. The summed E-state index contributed by atoms with van der Waals surface area (Å²) in [7, 11) is -3.95. The number of thiophene rings is 1. The van der Waals surface area contributed by atoms with Crippen molar-refractivity contribution in [1.29, 1.82) is 0 Å². The van der Waals surface area contributed by atoms with Crippen LogP contribution in [0, 0.1) is 0 Å². The van der Waals surface area contributed by atoms with E-state index in [9.17, 15) is 13.2 Å². The third-order valence-corrected chi connectivity index (χ3v) is 4.90. The highest BCUT2D eigenvalue weighted by molar-refractivity contribution is 7.89. The number of rotatable bonds is 4. The van der Waals surface area contributed by atoms with Crippen molar-refractivity contribution in [1.82, 2.24) is 0 Å². The molecule has 9 heteroatoms. The summed E-state index contributed by atoms with van der Waals surface area (Å²) in [5, 5.41) is 6.52. The molecule has 1 aromatic carbocycles. The van der Waals surface area contributed by atoms with Crippen LogP contribution in [0.2, 0.25) is 0 Å². The third kappa shape index (κ3) is 2.91. The standard InChI is InChI=1S/C13H11NO6S2/c14-22(16,17)11-3-4-21-12(11)13(15)18-6-8-1-2-9-10(5-8)20-7-19-9/h1-5H,6-7H2,(H2,14,16,17). The van der Waals surface area contributed by atoms with Crippen LogP contribution in [0.25, 0.3) is 0 Å². The van der Waals surface area contributed by atoms with Crippen LogP contribution in [-0.2, 0) is 21.4 Å². The van der Waals surface area contributed by atoms with Gasteiger partial charge in [0.2, 0.25) is 16.8 Å². The summed E-state index contributed by atoms with van der Waals surface area (Å²) in [5.74, 6) is 0.469. The van der Waals surface area contributed by atoms with Gasteiger partial charge in [-0.2, -0.15) is 0 Å². The average molecular weight is 341 g/mol. The second kappa shape index (κ2) is 5.59. The van der Waals surface area contributed by atoms with Gasteiger partial charge in [-0.3, -0.25) is 0 Å². The lowest BCUT2D eigenvalue weighted by Crippen LogP contribution is -2.15. The molecule has 116 valence electrons. The monoisotopic (exact) mass is 341 g/mol. The van der Waals surface area contributed by atoms with Crippen LogP contribution < -0.4 is 14.6 Å². The largest absolute Gasteiger partial charge is 0.457 e. The van der Waals surface area contributed by atoms with Crippen LogP contribution >= 0.6 is 11.3 Å². The molecule has 0 atom stereocenters. The first-order valence-corrected chi connectivity index (χ1v) is 8.54. The van der Waals surface area contributed by atoms with Gasteiger partial charge < -0.3 is 14.2 Å². The molecular formula is C13H11NO6S2. The van der Waals surface area contributed by atoms with Crippen molar-refractivity contribution in [2.45, 2.75) is 11.5 Å². The Morgan fingerprint density at radius 1 is 1.27 bits per heavy atom. The molecule has 1 aliphatic heterocycles. The van der Waals surface area contributed by atoms with Crippen molar-refractivity contribution in [2.75, 3.05) is 6.79 Å². The predicted octanol–water partition coefficient (Wildman–Crippen LogP) is 1.48. The van der Waals surface area contributed by atoms with Crippen LogP contribution in [0.15, 0.2) is 34.5 Å². The van der Waals surface area contributed by atoms with Gasteiger partial charge in [0.25, 0.3) is 0 Å². The fraction of sp³-hybridized carbons (Fsp3) is 0.154. The average Bonchev–Trinajstić information content (AvgIpc) is 3.12. The van der Waals surface area contributed by atoms with Crippen LogP contribution in [0.3, 0.4) is 0 Å². The molecule has 0 aliphatic carbocycles. The lowest BCUT2D eigenvalue weighted by molar-refractivity contribution is 0.0474. The third-order valence-electron chi connectivity index (χ3n) is 2.93. The smallest absolute Gasteiger partial charge is 0.350 e. The number of carbonyl (C=O) groups excluding carboxylic acids is 1. The van der Waals surface area contributed by atoms with Crippen molar-refractivity contribution >= 4 is 27.3 Å². The van der Waals surface area contributed by atoms with Gasteiger partial charge in [-0.05, 0) is 29.1 Å².